The summed E-state index contributed by atoms with van der Waals surface area (Å²) in [6, 6.07) is 7.78. The third-order valence-electron chi connectivity index (χ3n) is 2.35. The molecule has 0 saturated heterocycles. The Kier molecular flexibility index (Phi) is 2.37. The first-order valence-electron chi connectivity index (χ1n) is 4.71. The second-order valence-corrected chi connectivity index (χ2v) is 3.45. The van der Waals surface area contributed by atoms with Gasteiger partial charge in [0.2, 0.25) is 0 Å². The lowest BCUT2D eigenvalue weighted by molar-refractivity contribution is 0.101. The molecule has 0 spiro atoms. The number of benzene rings is 1. The molecule has 1 aromatic carbocycles. The number of hydrogen-bond donors (Lipinski definition) is 0. The summed E-state index contributed by atoms with van der Waals surface area (Å²) >= 11 is 0. The standard InChI is InChI=1S/C12H11NO2/c1-8-5-3-4-6-10(8)12-11(9(2)14)7-15-13-12/h3-7H,1-2H3. The lowest BCUT2D eigenvalue weighted by Gasteiger charge is -2.01. The Morgan fingerprint density at radius 2 is 2.07 bits per heavy atom. The van der Waals surface area contributed by atoms with Crippen molar-refractivity contribution in [2.24, 2.45) is 0 Å². The molecule has 2 aromatic rings. The largest absolute Gasteiger partial charge is 0.363 e. The first-order chi connectivity index (χ1) is 7.20. The van der Waals surface area contributed by atoms with Gasteiger partial charge in [-0.3, -0.25) is 4.79 Å². The molecule has 1 heterocycles. The van der Waals surface area contributed by atoms with E-state index in [1.54, 1.807) is 0 Å². The smallest absolute Gasteiger partial charge is 0.165 e. The van der Waals surface area contributed by atoms with E-state index in [1.807, 2.05) is 31.2 Å². The summed E-state index contributed by atoms with van der Waals surface area (Å²) in [5, 5.41) is 3.87. The Morgan fingerprint density at radius 3 is 2.73 bits per heavy atom. The van der Waals surface area contributed by atoms with Gasteiger partial charge in [-0.1, -0.05) is 29.4 Å². The van der Waals surface area contributed by atoms with E-state index in [0.29, 0.717) is 11.3 Å². The predicted octanol–water partition coefficient (Wildman–Crippen LogP) is 2.85. The zero-order chi connectivity index (χ0) is 10.8. The van der Waals surface area contributed by atoms with Crippen LogP contribution in [0.4, 0.5) is 0 Å². The van der Waals surface area contributed by atoms with Crippen molar-refractivity contribution in [1.82, 2.24) is 5.16 Å². The molecule has 0 unspecified atom stereocenters. The molecule has 0 bridgehead atoms. The summed E-state index contributed by atoms with van der Waals surface area (Å²) in [6.07, 6.45) is 1.39. The molecule has 3 nitrogen and oxygen atoms in total. The van der Waals surface area contributed by atoms with E-state index < -0.39 is 0 Å². The maximum Gasteiger partial charge on any atom is 0.165 e. The fraction of sp³-hybridized carbons (Fsp3) is 0.167. The minimum absolute atomic E-state index is 0.0329. The van der Waals surface area contributed by atoms with Crippen molar-refractivity contribution in [3.8, 4) is 11.3 Å². The SMILES string of the molecule is CC(=O)c1conc1-c1ccccc1C. The van der Waals surface area contributed by atoms with Gasteiger partial charge in [0.15, 0.2) is 5.78 Å². The predicted molar refractivity (Wildman–Crippen MR) is 56.7 cm³/mol. The third-order valence-corrected chi connectivity index (χ3v) is 2.35. The third kappa shape index (κ3) is 1.68. The van der Waals surface area contributed by atoms with E-state index in [0.717, 1.165) is 11.1 Å². The molecule has 0 N–H and O–H groups in total. The molecule has 0 aliphatic heterocycles. The number of hydrogen-bond acceptors (Lipinski definition) is 3. The van der Waals surface area contributed by atoms with Gasteiger partial charge < -0.3 is 4.52 Å². The van der Waals surface area contributed by atoms with Crippen LogP contribution in [0.25, 0.3) is 11.3 Å². The van der Waals surface area contributed by atoms with Gasteiger partial charge in [-0.2, -0.15) is 0 Å². The number of aryl methyl sites for hydroxylation is 1. The maximum atomic E-state index is 11.3. The van der Waals surface area contributed by atoms with Crippen molar-refractivity contribution >= 4 is 5.78 Å². The number of ketones is 1. The van der Waals surface area contributed by atoms with E-state index in [1.165, 1.54) is 13.2 Å². The van der Waals surface area contributed by atoms with E-state index in [2.05, 4.69) is 5.16 Å². The van der Waals surface area contributed by atoms with Crippen LogP contribution >= 0.6 is 0 Å². The molecular weight excluding hydrogens is 190 g/mol. The molecule has 3 heteroatoms. The van der Waals surface area contributed by atoms with Crippen LogP contribution in [0, 0.1) is 6.92 Å². The molecular formula is C12H11NO2. The molecule has 0 fully saturated rings. The minimum atomic E-state index is -0.0329. The lowest BCUT2D eigenvalue weighted by Crippen LogP contribution is -1.94. The number of Topliss-reactive ketones (excluding diaryl/α,β-unsaturated/α-hetero) is 1. The normalized spacial score (nSPS) is 10.3. The van der Waals surface area contributed by atoms with Gasteiger partial charge in [0.05, 0.1) is 5.56 Å². The maximum absolute atomic E-state index is 11.3. The average Bonchev–Trinajstić information content (AvgIpc) is 2.67. The van der Waals surface area contributed by atoms with Crippen LogP contribution in [0.3, 0.4) is 0 Å². The van der Waals surface area contributed by atoms with Crippen LogP contribution in [0.5, 0.6) is 0 Å². The van der Waals surface area contributed by atoms with Crippen molar-refractivity contribution in [3.05, 3.63) is 41.7 Å². The number of carbonyl (C=O) groups excluding carboxylic acids is 1. The van der Waals surface area contributed by atoms with E-state index >= 15 is 0 Å². The van der Waals surface area contributed by atoms with Crippen molar-refractivity contribution in [2.45, 2.75) is 13.8 Å². The number of rotatable bonds is 2. The summed E-state index contributed by atoms with van der Waals surface area (Å²) in [4.78, 5) is 11.3. The zero-order valence-electron chi connectivity index (χ0n) is 8.65. The van der Waals surface area contributed by atoms with Crippen LogP contribution in [0.2, 0.25) is 0 Å². The minimum Gasteiger partial charge on any atom is -0.363 e. The fourth-order valence-electron chi connectivity index (χ4n) is 1.52. The van der Waals surface area contributed by atoms with Gasteiger partial charge in [0, 0.05) is 5.56 Å². The quantitative estimate of drug-likeness (QED) is 0.701. The molecule has 2 rings (SSSR count). The highest BCUT2D eigenvalue weighted by Gasteiger charge is 2.14. The number of aromatic nitrogens is 1. The highest BCUT2D eigenvalue weighted by atomic mass is 16.5. The summed E-state index contributed by atoms with van der Waals surface area (Å²) in [7, 11) is 0. The molecule has 76 valence electrons. The Balaban J connectivity index is 2.59. The van der Waals surface area contributed by atoms with Crippen LogP contribution < -0.4 is 0 Å². The first kappa shape index (κ1) is 9.65. The fourth-order valence-corrected chi connectivity index (χ4v) is 1.52. The van der Waals surface area contributed by atoms with E-state index in [4.69, 9.17) is 4.52 Å². The lowest BCUT2D eigenvalue weighted by atomic mass is 10.0. The average molecular weight is 201 g/mol. The van der Waals surface area contributed by atoms with E-state index in [-0.39, 0.29) is 5.78 Å². The van der Waals surface area contributed by atoms with Gasteiger partial charge in [0.25, 0.3) is 0 Å². The van der Waals surface area contributed by atoms with Crippen LogP contribution in [-0.2, 0) is 0 Å². The second-order valence-electron chi connectivity index (χ2n) is 3.45. The molecule has 0 aliphatic rings. The van der Waals surface area contributed by atoms with Crippen LogP contribution in [0.1, 0.15) is 22.8 Å². The van der Waals surface area contributed by atoms with Crippen LogP contribution in [-0.4, -0.2) is 10.9 Å². The van der Waals surface area contributed by atoms with Crippen molar-refractivity contribution in [1.29, 1.82) is 0 Å². The summed E-state index contributed by atoms with van der Waals surface area (Å²) in [5.74, 6) is -0.0329. The second kappa shape index (κ2) is 3.69. The topological polar surface area (TPSA) is 43.1 Å². The highest BCUT2D eigenvalue weighted by molar-refractivity contribution is 5.99. The molecule has 0 radical (unpaired) electrons. The van der Waals surface area contributed by atoms with Gasteiger partial charge in [0.1, 0.15) is 12.0 Å². The zero-order valence-corrected chi connectivity index (χ0v) is 8.65. The summed E-state index contributed by atoms with van der Waals surface area (Å²) in [5.41, 5.74) is 3.18. The molecule has 0 atom stereocenters. The van der Waals surface area contributed by atoms with Crippen molar-refractivity contribution in [2.75, 3.05) is 0 Å². The Bertz CT molecular complexity index is 500. The molecule has 0 amide bonds. The Morgan fingerprint density at radius 1 is 1.33 bits per heavy atom. The summed E-state index contributed by atoms with van der Waals surface area (Å²) in [6.45, 7) is 3.49. The molecule has 15 heavy (non-hydrogen) atoms. The van der Waals surface area contributed by atoms with Crippen molar-refractivity contribution in [3.63, 3.8) is 0 Å². The number of carbonyl (C=O) groups is 1. The monoisotopic (exact) mass is 201 g/mol. The summed E-state index contributed by atoms with van der Waals surface area (Å²) < 4.78 is 4.85. The first-order valence-corrected chi connectivity index (χ1v) is 4.71. The molecule has 0 saturated carbocycles. The Hall–Kier alpha value is -1.90. The van der Waals surface area contributed by atoms with Gasteiger partial charge in [-0.05, 0) is 19.4 Å². The van der Waals surface area contributed by atoms with Crippen molar-refractivity contribution < 1.29 is 9.32 Å². The number of nitrogens with zero attached hydrogens (tertiary/aromatic N) is 1. The highest BCUT2D eigenvalue weighted by Crippen LogP contribution is 2.25. The van der Waals surface area contributed by atoms with Gasteiger partial charge >= 0.3 is 0 Å². The molecule has 0 aliphatic carbocycles. The molecule has 1 aromatic heterocycles. The van der Waals surface area contributed by atoms with Gasteiger partial charge in [-0.25, -0.2) is 0 Å². The van der Waals surface area contributed by atoms with E-state index in [9.17, 15) is 4.79 Å². The van der Waals surface area contributed by atoms with Crippen LogP contribution in [0.15, 0.2) is 35.1 Å². The van der Waals surface area contributed by atoms with Gasteiger partial charge in [-0.15, -0.1) is 0 Å². The Labute approximate surface area is 87.7 Å².